The molecule has 1 heterocycles. The molecule has 2 rings (SSSR count). The van der Waals surface area contributed by atoms with Gasteiger partial charge < -0.3 is 10.3 Å². The maximum absolute atomic E-state index is 6.06. The third-order valence-corrected chi connectivity index (χ3v) is 3.09. The van der Waals surface area contributed by atoms with Gasteiger partial charge in [0.05, 0.1) is 6.04 Å². The lowest BCUT2D eigenvalue weighted by Gasteiger charge is -2.10. The smallest absolute Gasteiger partial charge is 0.154 e. The molecule has 3 nitrogen and oxygen atoms in total. The van der Waals surface area contributed by atoms with E-state index in [1.165, 1.54) is 11.1 Å². The van der Waals surface area contributed by atoms with Crippen molar-refractivity contribution in [1.82, 2.24) is 5.16 Å². The molecule has 3 heteroatoms. The number of hydrogen-bond acceptors (Lipinski definition) is 3. The van der Waals surface area contributed by atoms with Crippen LogP contribution in [-0.2, 0) is 0 Å². The zero-order valence-electron chi connectivity index (χ0n) is 11.4. The van der Waals surface area contributed by atoms with Crippen molar-refractivity contribution in [3.8, 4) is 11.3 Å². The minimum atomic E-state index is -0.0999. The van der Waals surface area contributed by atoms with Crippen LogP contribution in [0.3, 0.4) is 0 Å². The molecule has 0 saturated carbocycles. The largest absolute Gasteiger partial charge is 0.359 e. The molecule has 18 heavy (non-hydrogen) atoms. The fraction of sp³-hybridized carbons (Fsp3) is 0.400. The Labute approximate surface area is 108 Å². The van der Waals surface area contributed by atoms with E-state index in [1.54, 1.807) is 0 Å². The molecule has 0 amide bonds. The highest BCUT2D eigenvalue weighted by Crippen LogP contribution is 2.26. The summed E-state index contributed by atoms with van der Waals surface area (Å²) < 4.78 is 5.35. The second-order valence-corrected chi connectivity index (χ2v) is 5.26. The average Bonchev–Trinajstić information content (AvgIpc) is 2.75. The van der Waals surface area contributed by atoms with E-state index in [0.29, 0.717) is 5.92 Å². The number of rotatable bonds is 3. The Balaban J connectivity index is 2.35. The first kappa shape index (κ1) is 12.8. The molecule has 96 valence electrons. The first-order valence-corrected chi connectivity index (χ1v) is 6.28. The summed E-state index contributed by atoms with van der Waals surface area (Å²) in [4.78, 5) is 0. The van der Waals surface area contributed by atoms with Gasteiger partial charge in [-0.3, -0.25) is 0 Å². The predicted molar refractivity (Wildman–Crippen MR) is 73.2 cm³/mol. The summed E-state index contributed by atoms with van der Waals surface area (Å²) in [6.45, 7) is 8.31. The van der Waals surface area contributed by atoms with Crippen molar-refractivity contribution in [2.24, 2.45) is 11.7 Å². The maximum atomic E-state index is 6.06. The highest BCUT2D eigenvalue weighted by Gasteiger charge is 2.16. The zero-order valence-corrected chi connectivity index (χ0v) is 11.4. The number of aryl methyl sites for hydroxylation is 2. The third-order valence-electron chi connectivity index (χ3n) is 3.09. The first-order chi connectivity index (χ1) is 8.47. The molecular formula is C15H20N2O. The first-order valence-electron chi connectivity index (χ1n) is 6.28. The second-order valence-electron chi connectivity index (χ2n) is 5.26. The highest BCUT2D eigenvalue weighted by molar-refractivity contribution is 5.61. The van der Waals surface area contributed by atoms with Crippen LogP contribution in [-0.4, -0.2) is 5.16 Å². The van der Waals surface area contributed by atoms with E-state index in [-0.39, 0.29) is 6.04 Å². The molecule has 0 aliphatic carbocycles. The molecule has 0 spiro atoms. The van der Waals surface area contributed by atoms with Gasteiger partial charge in [0, 0.05) is 11.6 Å². The van der Waals surface area contributed by atoms with Gasteiger partial charge in [0.25, 0.3) is 0 Å². The monoisotopic (exact) mass is 244 g/mol. The van der Waals surface area contributed by atoms with Gasteiger partial charge in [-0.1, -0.05) is 36.2 Å². The molecule has 1 atom stereocenters. The number of nitrogens with zero attached hydrogens (tertiary/aromatic N) is 1. The summed E-state index contributed by atoms with van der Waals surface area (Å²) in [5, 5.41) is 4.12. The van der Waals surface area contributed by atoms with Gasteiger partial charge >= 0.3 is 0 Å². The number of benzene rings is 1. The van der Waals surface area contributed by atoms with Crippen LogP contribution in [0.2, 0.25) is 0 Å². The van der Waals surface area contributed by atoms with Gasteiger partial charge in [-0.25, -0.2) is 0 Å². The molecule has 0 aliphatic heterocycles. The maximum Gasteiger partial charge on any atom is 0.154 e. The van der Waals surface area contributed by atoms with Crippen LogP contribution in [0.1, 0.15) is 36.8 Å². The predicted octanol–water partition coefficient (Wildman–Crippen LogP) is 3.61. The summed E-state index contributed by atoms with van der Waals surface area (Å²) in [5.74, 6) is 1.09. The van der Waals surface area contributed by atoms with Crippen molar-refractivity contribution < 1.29 is 4.52 Å². The van der Waals surface area contributed by atoms with Crippen molar-refractivity contribution in [2.45, 2.75) is 33.7 Å². The van der Waals surface area contributed by atoms with Crippen LogP contribution < -0.4 is 5.73 Å². The Morgan fingerprint density at radius 3 is 2.22 bits per heavy atom. The lowest BCUT2D eigenvalue weighted by atomic mass is 10.0. The number of hydrogen-bond donors (Lipinski definition) is 1. The van der Waals surface area contributed by atoms with E-state index in [0.717, 1.165) is 17.0 Å². The van der Waals surface area contributed by atoms with Crippen LogP contribution >= 0.6 is 0 Å². The van der Waals surface area contributed by atoms with Gasteiger partial charge in [-0.2, -0.15) is 0 Å². The zero-order chi connectivity index (χ0) is 13.3. The van der Waals surface area contributed by atoms with E-state index in [1.807, 2.05) is 6.07 Å². The lowest BCUT2D eigenvalue weighted by Crippen LogP contribution is -2.15. The fourth-order valence-electron chi connectivity index (χ4n) is 2.03. The van der Waals surface area contributed by atoms with E-state index in [2.05, 4.69) is 51.1 Å². The van der Waals surface area contributed by atoms with Crippen molar-refractivity contribution in [1.29, 1.82) is 0 Å². The second kappa shape index (κ2) is 4.94. The van der Waals surface area contributed by atoms with Crippen molar-refractivity contribution in [3.05, 3.63) is 41.2 Å². The Hall–Kier alpha value is -1.61. The number of nitrogens with two attached hydrogens (primary N) is 1. The summed E-state index contributed by atoms with van der Waals surface area (Å²) >= 11 is 0. The Morgan fingerprint density at radius 2 is 1.67 bits per heavy atom. The molecule has 2 aromatic rings. The molecular weight excluding hydrogens is 224 g/mol. The van der Waals surface area contributed by atoms with Crippen LogP contribution in [0, 0.1) is 19.8 Å². The van der Waals surface area contributed by atoms with Crippen LogP contribution in [0.4, 0.5) is 0 Å². The molecule has 0 saturated heterocycles. The van der Waals surface area contributed by atoms with Gasteiger partial charge in [-0.05, 0) is 31.9 Å². The fourth-order valence-corrected chi connectivity index (χ4v) is 2.03. The standard InChI is InChI=1S/C15H20N2O/c1-9(2)15(16)14-8-13(17-18-14)12-6-10(3)5-11(4)7-12/h5-9,15H,16H2,1-4H3. The summed E-state index contributed by atoms with van der Waals surface area (Å²) in [6.07, 6.45) is 0. The molecule has 1 aromatic heterocycles. The summed E-state index contributed by atoms with van der Waals surface area (Å²) in [7, 11) is 0. The van der Waals surface area contributed by atoms with Crippen LogP contribution in [0.25, 0.3) is 11.3 Å². The normalized spacial score (nSPS) is 13.0. The van der Waals surface area contributed by atoms with E-state index < -0.39 is 0 Å². The summed E-state index contributed by atoms with van der Waals surface area (Å²) in [5.41, 5.74) is 10.4. The van der Waals surface area contributed by atoms with Crippen LogP contribution in [0.5, 0.6) is 0 Å². The summed E-state index contributed by atoms with van der Waals surface area (Å²) in [6, 6.07) is 8.20. The molecule has 0 aliphatic rings. The van der Waals surface area contributed by atoms with Crippen molar-refractivity contribution in [2.75, 3.05) is 0 Å². The topological polar surface area (TPSA) is 52.0 Å². The Morgan fingerprint density at radius 1 is 1.06 bits per heavy atom. The Kier molecular flexibility index (Phi) is 3.53. The molecule has 2 N–H and O–H groups in total. The molecule has 1 aromatic carbocycles. The average molecular weight is 244 g/mol. The van der Waals surface area contributed by atoms with E-state index in [4.69, 9.17) is 10.3 Å². The third kappa shape index (κ3) is 2.62. The number of aromatic nitrogens is 1. The molecule has 0 fully saturated rings. The van der Waals surface area contributed by atoms with Gasteiger partial charge in [0.15, 0.2) is 5.76 Å². The van der Waals surface area contributed by atoms with Crippen LogP contribution in [0.15, 0.2) is 28.8 Å². The van der Waals surface area contributed by atoms with Gasteiger partial charge in [0.2, 0.25) is 0 Å². The van der Waals surface area contributed by atoms with Gasteiger partial charge in [-0.15, -0.1) is 0 Å². The quantitative estimate of drug-likeness (QED) is 0.897. The van der Waals surface area contributed by atoms with E-state index in [9.17, 15) is 0 Å². The van der Waals surface area contributed by atoms with Crippen molar-refractivity contribution in [3.63, 3.8) is 0 Å². The highest BCUT2D eigenvalue weighted by atomic mass is 16.5. The Bertz CT molecular complexity index is 523. The minimum Gasteiger partial charge on any atom is -0.359 e. The minimum absolute atomic E-state index is 0.0999. The lowest BCUT2D eigenvalue weighted by molar-refractivity contribution is 0.333. The SMILES string of the molecule is Cc1cc(C)cc(-c2cc(C(N)C(C)C)on2)c1. The van der Waals surface area contributed by atoms with Crippen molar-refractivity contribution >= 4 is 0 Å². The van der Waals surface area contributed by atoms with Gasteiger partial charge in [0.1, 0.15) is 5.69 Å². The molecule has 0 radical (unpaired) electrons. The molecule has 0 bridgehead atoms. The van der Waals surface area contributed by atoms with E-state index >= 15 is 0 Å². The molecule has 1 unspecified atom stereocenters.